The van der Waals surface area contributed by atoms with Crippen LogP contribution in [0.4, 0.5) is 5.82 Å². The first-order chi connectivity index (χ1) is 13.5. The Morgan fingerprint density at radius 3 is 2.18 bits per heavy atom. The normalized spacial score (nSPS) is 10.2. The molecular weight excluding hydrogens is 354 g/mol. The van der Waals surface area contributed by atoms with Crippen molar-refractivity contribution in [1.29, 1.82) is 5.26 Å². The number of methoxy groups -OCH3 is 3. The van der Waals surface area contributed by atoms with Crippen molar-refractivity contribution in [3.63, 3.8) is 0 Å². The van der Waals surface area contributed by atoms with Gasteiger partial charge in [0.2, 0.25) is 0 Å². The van der Waals surface area contributed by atoms with E-state index in [1.807, 2.05) is 37.3 Å². The van der Waals surface area contributed by atoms with Crippen molar-refractivity contribution in [2.45, 2.75) is 6.92 Å². The zero-order valence-electron chi connectivity index (χ0n) is 16.2. The monoisotopic (exact) mass is 375 g/mol. The molecule has 0 saturated carbocycles. The highest BCUT2D eigenvalue weighted by Crippen LogP contribution is 2.42. The summed E-state index contributed by atoms with van der Waals surface area (Å²) in [6, 6.07) is 15.4. The number of pyridine rings is 1. The molecule has 2 N–H and O–H groups in total. The Kier molecular flexibility index (Phi) is 5.37. The molecule has 0 unspecified atom stereocenters. The minimum absolute atomic E-state index is 0.161. The molecule has 0 atom stereocenters. The van der Waals surface area contributed by atoms with Crippen LogP contribution in [0.1, 0.15) is 11.1 Å². The lowest BCUT2D eigenvalue weighted by atomic mass is 9.96. The number of hydrogen-bond acceptors (Lipinski definition) is 6. The number of ether oxygens (including phenoxy) is 3. The topological polar surface area (TPSA) is 90.4 Å². The lowest BCUT2D eigenvalue weighted by Gasteiger charge is -2.16. The molecule has 0 spiro atoms. The fraction of sp³-hybridized carbons (Fsp3) is 0.182. The molecule has 3 aromatic rings. The lowest BCUT2D eigenvalue weighted by Crippen LogP contribution is -2.01. The van der Waals surface area contributed by atoms with E-state index in [1.54, 1.807) is 33.5 Å². The highest BCUT2D eigenvalue weighted by molar-refractivity contribution is 5.84. The second-order valence-corrected chi connectivity index (χ2v) is 6.20. The summed E-state index contributed by atoms with van der Waals surface area (Å²) >= 11 is 0. The summed E-state index contributed by atoms with van der Waals surface area (Å²) in [5, 5.41) is 9.69. The van der Waals surface area contributed by atoms with Crippen molar-refractivity contribution in [1.82, 2.24) is 4.98 Å². The van der Waals surface area contributed by atoms with Crippen molar-refractivity contribution in [2.75, 3.05) is 27.1 Å². The van der Waals surface area contributed by atoms with E-state index in [1.165, 1.54) is 0 Å². The van der Waals surface area contributed by atoms with Gasteiger partial charge < -0.3 is 19.9 Å². The van der Waals surface area contributed by atoms with Crippen molar-refractivity contribution in [3.05, 3.63) is 53.6 Å². The number of nitriles is 1. The molecule has 1 aromatic heterocycles. The summed E-state index contributed by atoms with van der Waals surface area (Å²) in [6.45, 7) is 2.01. The van der Waals surface area contributed by atoms with Crippen molar-refractivity contribution in [2.24, 2.45) is 0 Å². The van der Waals surface area contributed by atoms with Crippen LogP contribution in [-0.2, 0) is 0 Å². The molecule has 142 valence electrons. The van der Waals surface area contributed by atoms with Gasteiger partial charge in [-0.25, -0.2) is 4.98 Å². The van der Waals surface area contributed by atoms with Gasteiger partial charge >= 0.3 is 0 Å². The number of benzene rings is 2. The average Bonchev–Trinajstić information content (AvgIpc) is 2.72. The van der Waals surface area contributed by atoms with Gasteiger partial charge in [-0.1, -0.05) is 23.8 Å². The molecule has 3 rings (SSSR count). The van der Waals surface area contributed by atoms with Crippen molar-refractivity contribution in [3.8, 4) is 45.7 Å². The quantitative estimate of drug-likeness (QED) is 0.719. The van der Waals surface area contributed by atoms with E-state index in [4.69, 9.17) is 19.9 Å². The third-order valence-corrected chi connectivity index (χ3v) is 4.47. The van der Waals surface area contributed by atoms with Crippen LogP contribution in [0.25, 0.3) is 22.4 Å². The molecule has 0 saturated heterocycles. The first-order valence-electron chi connectivity index (χ1n) is 8.60. The fourth-order valence-electron chi connectivity index (χ4n) is 3.09. The van der Waals surface area contributed by atoms with E-state index in [0.717, 1.165) is 11.1 Å². The molecule has 0 aliphatic rings. The van der Waals surface area contributed by atoms with E-state index in [9.17, 15) is 5.26 Å². The molecular formula is C22H21N3O3. The van der Waals surface area contributed by atoms with Gasteiger partial charge in [0.25, 0.3) is 0 Å². The highest BCUT2D eigenvalue weighted by atomic mass is 16.5. The molecule has 1 heterocycles. The molecule has 0 amide bonds. The van der Waals surface area contributed by atoms with Gasteiger partial charge in [-0.3, -0.25) is 0 Å². The smallest absolute Gasteiger partial charge is 0.164 e. The molecule has 6 nitrogen and oxygen atoms in total. The number of nitrogens with zero attached hydrogens (tertiary/aromatic N) is 2. The predicted molar refractivity (Wildman–Crippen MR) is 109 cm³/mol. The van der Waals surface area contributed by atoms with Crippen LogP contribution in [0, 0.1) is 18.3 Å². The first kappa shape index (κ1) is 19.1. The van der Waals surface area contributed by atoms with E-state index in [0.29, 0.717) is 34.1 Å². The summed E-state index contributed by atoms with van der Waals surface area (Å²) < 4.78 is 16.3. The Balaban J connectivity index is 2.31. The van der Waals surface area contributed by atoms with Crippen LogP contribution >= 0.6 is 0 Å². The number of nitrogen functional groups attached to an aromatic ring is 1. The van der Waals surface area contributed by atoms with Crippen LogP contribution in [0.15, 0.2) is 42.5 Å². The second-order valence-electron chi connectivity index (χ2n) is 6.20. The van der Waals surface area contributed by atoms with Crippen LogP contribution < -0.4 is 19.9 Å². The van der Waals surface area contributed by atoms with E-state index in [2.05, 4.69) is 11.1 Å². The number of anilines is 1. The Bertz CT molecular complexity index is 1070. The standard InChI is InChI=1S/C22H21N3O3/c1-13-6-5-7-14(8-13)18-9-15(17(12-23)22(24)25-18)16-10-20(27-3)21(28-4)11-19(16)26-2/h5-11H,1-4H3,(H2,24,25). The van der Waals surface area contributed by atoms with Gasteiger partial charge in [0.15, 0.2) is 11.5 Å². The van der Waals surface area contributed by atoms with Gasteiger partial charge in [-0.15, -0.1) is 0 Å². The number of nitrogens with two attached hydrogens (primary N) is 1. The van der Waals surface area contributed by atoms with E-state index >= 15 is 0 Å². The molecule has 28 heavy (non-hydrogen) atoms. The lowest BCUT2D eigenvalue weighted by molar-refractivity contribution is 0.349. The molecule has 2 aromatic carbocycles. The molecule has 0 radical (unpaired) electrons. The number of aryl methyl sites for hydroxylation is 1. The van der Waals surface area contributed by atoms with Crippen LogP contribution in [0.5, 0.6) is 17.2 Å². The largest absolute Gasteiger partial charge is 0.496 e. The van der Waals surface area contributed by atoms with Crippen LogP contribution in [-0.4, -0.2) is 26.3 Å². The van der Waals surface area contributed by atoms with Crippen LogP contribution in [0.3, 0.4) is 0 Å². The SMILES string of the molecule is COc1cc(OC)c(-c2cc(-c3cccc(C)c3)nc(N)c2C#N)cc1OC. The highest BCUT2D eigenvalue weighted by Gasteiger charge is 2.19. The fourth-order valence-corrected chi connectivity index (χ4v) is 3.09. The van der Waals surface area contributed by atoms with Crippen LogP contribution in [0.2, 0.25) is 0 Å². The number of aromatic nitrogens is 1. The maximum atomic E-state index is 9.69. The summed E-state index contributed by atoms with van der Waals surface area (Å²) in [6.07, 6.45) is 0. The average molecular weight is 375 g/mol. The van der Waals surface area contributed by atoms with Gasteiger partial charge in [-0.2, -0.15) is 5.26 Å². The van der Waals surface area contributed by atoms with Gasteiger partial charge in [0.1, 0.15) is 23.2 Å². The third kappa shape index (κ3) is 3.42. The zero-order valence-corrected chi connectivity index (χ0v) is 16.2. The van der Waals surface area contributed by atoms with Gasteiger partial charge in [-0.05, 0) is 25.1 Å². The molecule has 0 aliphatic carbocycles. The summed E-state index contributed by atoms with van der Waals surface area (Å²) in [5.74, 6) is 1.75. The predicted octanol–water partition coefficient (Wildman–Crippen LogP) is 4.20. The van der Waals surface area contributed by atoms with Gasteiger partial charge in [0, 0.05) is 22.8 Å². The Morgan fingerprint density at radius 2 is 1.57 bits per heavy atom. The Labute approximate surface area is 164 Å². The minimum Gasteiger partial charge on any atom is -0.496 e. The van der Waals surface area contributed by atoms with Crippen molar-refractivity contribution < 1.29 is 14.2 Å². The van der Waals surface area contributed by atoms with E-state index < -0.39 is 0 Å². The van der Waals surface area contributed by atoms with E-state index in [-0.39, 0.29) is 11.4 Å². The van der Waals surface area contributed by atoms with Gasteiger partial charge in [0.05, 0.1) is 27.0 Å². The molecule has 6 heteroatoms. The van der Waals surface area contributed by atoms with Crippen molar-refractivity contribution >= 4 is 5.82 Å². The minimum atomic E-state index is 0.161. The maximum Gasteiger partial charge on any atom is 0.164 e. The molecule has 0 fully saturated rings. The summed E-state index contributed by atoms with van der Waals surface area (Å²) in [4.78, 5) is 4.43. The first-order valence-corrected chi connectivity index (χ1v) is 8.60. The Morgan fingerprint density at radius 1 is 0.893 bits per heavy atom. The molecule has 0 bridgehead atoms. The third-order valence-electron chi connectivity index (χ3n) is 4.47. The number of rotatable bonds is 5. The zero-order chi connectivity index (χ0) is 20.3. The summed E-state index contributed by atoms with van der Waals surface area (Å²) in [7, 11) is 4.67. The maximum absolute atomic E-state index is 9.69. The Hall–Kier alpha value is -3.72. The summed E-state index contributed by atoms with van der Waals surface area (Å²) in [5.41, 5.74) is 10.4. The molecule has 0 aliphatic heterocycles. The number of hydrogen-bond donors (Lipinski definition) is 1. The second kappa shape index (κ2) is 7.89.